The van der Waals surface area contributed by atoms with Gasteiger partial charge in [0, 0.05) is 29.4 Å². The van der Waals surface area contributed by atoms with Crippen molar-refractivity contribution < 1.29 is 34.8 Å². The Morgan fingerprint density at radius 2 is 1.15 bits per heavy atom. The molecule has 3 aromatic carbocycles. The molecule has 202 valence electrons. The number of carbonyl (C=O) groups excluding carboxylic acids is 1. The number of benzene rings is 3. The number of amides is 1. The molecule has 0 spiro atoms. The molecule has 4 N–H and O–H groups in total. The Morgan fingerprint density at radius 3 is 1.50 bits per heavy atom. The minimum atomic E-state index is -1.38. The van der Waals surface area contributed by atoms with Crippen LogP contribution in [0.1, 0.15) is 86.2 Å². The molecule has 9 heteroatoms. The van der Waals surface area contributed by atoms with Crippen LogP contribution in [0.2, 0.25) is 0 Å². The average Bonchev–Trinajstić information content (AvgIpc) is 3.18. The van der Waals surface area contributed by atoms with Gasteiger partial charge in [-0.1, -0.05) is 62.4 Å². The van der Waals surface area contributed by atoms with Crippen LogP contribution in [0.25, 0.3) is 0 Å². The molecule has 0 saturated carbocycles. The predicted octanol–water partition coefficient (Wildman–Crippen LogP) is 5.13. The van der Waals surface area contributed by atoms with Gasteiger partial charge in [-0.05, 0) is 46.4 Å². The fourth-order valence-corrected chi connectivity index (χ4v) is 6.15. The Bertz CT molecular complexity index is 1580. The summed E-state index contributed by atoms with van der Waals surface area (Å²) in [5.41, 5.74) is 4.01. The Hall–Kier alpha value is -5.05. The zero-order valence-corrected chi connectivity index (χ0v) is 21.7. The van der Waals surface area contributed by atoms with Crippen LogP contribution in [0.4, 0.5) is 5.69 Å². The molecule has 3 aliphatic carbocycles. The molecular weight excluding hydrogens is 512 g/mol. The Morgan fingerprint density at radius 1 is 0.750 bits per heavy atom. The molecule has 0 aliphatic heterocycles. The lowest BCUT2D eigenvalue weighted by Gasteiger charge is -2.40. The Balaban J connectivity index is 1.64. The molecule has 4 aromatic rings. The highest BCUT2D eigenvalue weighted by molar-refractivity contribution is 6.00. The minimum Gasteiger partial charge on any atom is -0.493 e. The number of hydrogen-bond donors (Lipinski definition) is 4. The molecule has 0 unspecified atom stereocenters. The van der Waals surface area contributed by atoms with E-state index in [0.29, 0.717) is 11.1 Å². The van der Waals surface area contributed by atoms with Crippen molar-refractivity contribution >= 4 is 23.5 Å². The predicted molar refractivity (Wildman–Crippen MR) is 145 cm³/mol. The van der Waals surface area contributed by atoms with Crippen LogP contribution in [0, 0.1) is 5.92 Å². The molecule has 0 atom stereocenters. The van der Waals surface area contributed by atoms with Crippen LogP contribution in [-0.4, -0.2) is 42.9 Å². The standard InChI is InChI=1S/C31H26N2O7/c1-15(2)11-23(34)32(18-13-16(30(37)38)12-17(14-18)31(39)40)33-28(35)26-24-19-7-3-4-8-20(19)25(27(26)29(33)36)22-10-6-5-9-21(22)24/h3-10,12-15,24-25,35-36H,11H2,1-2H3,(H,37,38)(H,39,40). The van der Waals surface area contributed by atoms with Crippen molar-refractivity contribution in [2.24, 2.45) is 5.92 Å². The normalized spacial score (nSPS) is 16.3. The topological polar surface area (TPSA) is 140 Å². The van der Waals surface area contributed by atoms with E-state index in [1.54, 1.807) is 0 Å². The molecule has 7 rings (SSSR count). The summed E-state index contributed by atoms with van der Waals surface area (Å²) in [5.74, 6) is -5.04. The van der Waals surface area contributed by atoms with Crippen LogP contribution in [0.15, 0.2) is 66.7 Å². The van der Waals surface area contributed by atoms with Crippen molar-refractivity contribution in [2.75, 3.05) is 5.01 Å². The van der Waals surface area contributed by atoms with E-state index in [9.17, 15) is 34.8 Å². The lowest BCUT2D eigenvalue weighted by atomic mass is 9.62. The number of nitrogens with zero attached hydrogens (tertiary/aromatic N) is 2. The second-order valence-corrected chi connectivity index (χ2v) is 10.6. The van der Waals surface area contributed by atoms with Gasteiger partial charge in [-0.2, -0.15) is 4.68 Å². The minimum absolute atomic E-state index is 0.0191. The molecule has 1 amide bonds. The first-order valence-electron chi connectivity index (χ1n) is 12.9. The van der Waals surface area contributed by atoms with Crippen molar-refractivity contribution in [1.29, 1.82) is 0 Å². The maximum absolute atomic E-state index is 13.7. The van der Waals surface area contributed by atoms with Gasteiger partial charge in [0.2, 0.25) is 17.7 Å². The van der Waals surface area contributed by atoms with Crippen LogP contribution in [0.5, 0.6) is 11.8 Å². The first-order chi connectivity index (χ1) is 19.1. The second kappa shape index (κ2) is 9.01. The molecular formula is C31H26N2O7. The van der Waals surface area contributed by atoms with Crippen molar-refractivity contribution in [3.63, 3.8) is 0 Å². The Labute approximate surface area is 229 Å². The van der Waals surface area contributed by atoms with Crippen LogP contribution < -0.4 is 5.01 Å². The number of aromatic carboxylic acids is 2. The van der Waals surface area contributed by atoms with E-state index in [1.807, 2.05) is 62.4 Å². The van der Waals surface area contributed by atoms with Crippen molar-refractivity contribution in [3.05, 3.63) is 111 Å². The van der Waals surface area contributed by atoms with Crippen molar-refractivity contribution in [1.82, 2.24) is 4.68 Å². The van der Waals surface area contributed by atoms with Gasteiger partial charge in [-0.25, -0.2) is 14.6 Å². The van der Waals surface area contributed by atoms with E-state index >= 15 is 0 Å². The molecule has 1 aromatic heterocycles. The SMILES string of the molecule is CC(C)CC(=O)N(c1cc(C(=O)O)cc(C(=O)O)c1)n1c(O)c2c(c1O)C1c3ccccc3C2c2ccccc21. The zero-order chi connectivity index (χ0) is 28.5. The summed E-state index contributed by atoms with van der Waals surface area (Å²) in [5, 5.41) is 43.9. The van der Waals surface area contributed by atoms with Gasteiger partial charge in [-0.15, -0.1) is 0 Å². The summed E-state index contributed by atoms with van der Waals surface area (Å²) >= 11 is 0. The number of aromatic hydroxyl groups is 2. The van der Waals surface area contributed by atoms with Crippen LogP contribution in [-0.2, 0) is 4.79 Å². The first-order valence-corrected chi connectivity index (χ1v) is 12.9. The van der Waals surface area contributed by atoms with E-state index in [4.69, 9.17) is 0 Å². The third-order valence-corrected chi connectivity index (χ3v) is 7.66. The average molecular weight is 539 g/mol. The molecule has 0 radical (unpaired) electrons. The monoisotopic (exact) mass is 538 g/mol. The number of carboxylic acids is 2. The second-order valence-electron chi connectivity index (χ2n) is 10.6. The maximum Gasteiger partial charge on any atom is 0.335 e. The molecule has 0 fully saturated rings. The highest BCUT2D eigenvalue weighted by Gasteiger charge is 2.48. The smallest absolute Gasteiger partial charge is 0.335 e. The van der Waals surface area contributed by atoms with E-state index in [1.165, 1.54) is 0 Å². The summed E-state index contributed by atoms with van der Waals surface area (Å²) in [7, 11) is 0. The van der Waals surface area contributed by atoms with E-state index in [2.05, 4.69) is 0 Å². The number of rotatable bonds is 6. The zero-order valence-electron chi connectivity index (χ0n) is 21.7. The van der Waals surface area contributed by atoms with Crippen molar-refractivity contribution in [3.8, 4) is 11.8 Å². The summed E-state index contributed by atoms with van der Waals surface area (Å²) in [4.78, 5) is 37.5. The molecule has 9 nitrogen and oxygen atoms in total. The number of hydrogen-bond acceptors (Lipinski definition) is 5. The summed E-state index contributed by atoms with van der Waals surface area (Å²) in [6, 6.07) is 18.9. The third-order valence-electron chi connectivity index (χ3n) is 7.66. The molecule has 0 saturated heterocycles. The largest absolute Gasteiger partial charge is 0.493 e. The molecule has 2 bridgehead atoms. The van der Waals surface area contributed by atoms with Gasteiger partial charge < -0.3 is 20.4 Å². The van der Waals surface area contributed by atoms with Gasteiger partial charge >= 0.3 is 11.9 Å². The lowest BCUT2D eigenvalue weighted by Crippen LogP contribution is -2.36. The van der Waals surface area contributed by atoms with Gasteiger partial charge in [0.05, 0.1) is 16.8 Å². The van der Waals surface area contributed by atoms with Crippen LogP contribution >= 0.6 is 0 Å². The number of anilines is 1. The summed E-state index contributed by atoms with van der Waals surface area (Å²) in [6.45, 7) is 3.64. The molecule has 3 aliphatic rings. The quantitative estimate of drug-likeness (QED) is 0.231. The maximum atomic E-state index is 13.7. The fraction of sp³-hybridized carbons (Fsp3) is 0.194. The van der Waals surface area contributed by atoms with E-state index in [-0.39, 0.29) is 40.9 Å². The summed E-state index contributed by atoms with van der Waals surface area (Å²) < 4.78 is 0.986. The molecule has 1 heterocycles. The lowest BCUT2D eigenvalue weighted by molar-refractivity contribution is -0.120. The third kappa shape index (κ3) is 3.58. The fourth-order valence-electron chi connectivity index (χ4n) is 6.15. The van der Waals surface area contributed by atoms with E-state index < -0.39 is 29.7 Å². The number of aromatic nitrogens is 1. The van der Waals surface area contributed by atoms with Gasteiger partial charge in [-0.3, -0.25) is 4.79 Å². The number of carboxylic acid groups (broad SMARTS) is 2. The van der Waals surface area contributed by atoms with Crippen LogP contribution in [0.3, 0.4) is 0 Å². The van der Waals surface area contributed by atoms with Crippen molar-refractivity contribution in [2.45, 2.75) is 32.1 Å². The highest BCUT2D eigenvalue weighted by Crippen LogP contribution is 2.61. The highest BCUT2D eigenvalue weighted by atomic mass is 16.4. The summed E-state index contributed by atoms with van der Waals surface area (Å²) in [6.07, 6.45) is -0.0191. The Kier molecular flexibility index (Phi) is 5.69. The van der Waals surface area contributed by atoms with Gasteiger partial charge in [0.25, 0.3) is 0 Å². The number of carbonyl (C=O) groups is 3. The molecule has 40 heavy (non-hydrogen) atoms. The van der Waals surface area contributed by atoms with Gasteiger partial charge in [0.1, 0.15) is 0 Å². The first kappa shape index (κ1) is 25.2. The van der Waals surface area contributed by atoms with E-state index in [0.717, 1.165) is 50.1 Å². The van der Waals surface area contributed by atoms with Gasteiger partial charge in [0.15, 0.2) is 0 Å².